The van der Waals surface area contributed by atoms with Gasteiger partial charge in [0.1, 0.15) is 5.76 Å². The Morgan fingerprint density at radius 3 is 2.61 bits per heavy atom. The Morgan fingerprint density at radius 1 is 1.39 bits per heavy atom. The Balaban J connectivity index is 2.01. The number of rotatable bonds is 4. The Bertz CT molecular complexity index is 539. The Hall–Kier alpha value is -1.55. The SMILES string of the molecule is Cc1cnc(C(C)NCc2cc(C)n(C)c2C)o1. The molecule has 0 fully saturated rings. The molecule has 0 aromatic carbocycles. The first-order valence-electron chi connectivity index (χ1n) is 6.26. The summed E-state index contributed by atoms with van der Waals surface area (Å²) < 4.78 is 7.72. The van der Waals surface area contributed by atoms with E-state index in [1.807, 2.05) is 6.92 Å². The van der Waals surface area contributed by atoms with Gasteiger partial charge in [0.2, 0.25) is 5.89 Å². The maximum atomic E-state index is 5.51. The molecule has 1 atom stereocenters. The van der Waals surface area contributed by atoms with Crippen LogP contribution >= 0.6 is 0 Å². The standard InChI is InChI=1S/C14H21N3O/c1-9-6-13(12(4)17(9)5)8-15-11(3)14-16-7-10(2)18-14/h6-7,11,15H,8H2,1-5H3. The summed E-state index contributed by atoms with van der Waals surface area (Å²) in [7, 11) is 2.09. The predicted octanol–water partition coefficient (Wildman–Crippen LogP) is 2.79. The van der Waals surface area contributed by atoms with Crippen LogP contribution in [0.15, 0.2) is 16.7 Å². The van der Waals surface area contributed by atoms with Crippen molar-refractivity contribution in [2.24, 2.45) is 7.05 Å². The third kappa shape index (κ3) is 2.48. The molecule has 4 nitrogen and oxygen atoms in total. The van der Waals surface area contributed by atoms with Crippen molar-refractivity contribution in [3.63, 3.8) is 0 Å². The average Bonchev–Trinajstić information content (AvgIpc) is 2.87. The van der Waals surface area contributed by atoms with E-state index in [1.165, 1.54) is 17.0 Å². The summed E-state index contributed by atoms with van der Waals surface area (Å²) in [4.78, 5) is 4.24. The minimum absolute atomic E-state index is 0.124. The van der Waals surface area contributed by atoms with E-state index in [9.17, 15) is 0 Å². The van der Waals surface area contributed by atoms with Gasteiger partial charge in [0.05, 0.1) is 12.2 Å². The Morgan fingerprint density at radius 2 is 2.11 bits per heavy atom. The molecule has 0 aliphatic rings. The quantitative estimate of drug-likeness (QED) is 0.903. The monoisotopic (exact) mass is 247 g/mol. The van der Waals surface area contributed by atoms with Crippen LogP contribution in [0.1, 0.15) is 41.6 Å². The molecule has 4 heteroatoms. The molecule has 0 amide bonds. The summed E-state index contributed by atoms with van der Waals surface area (Å²) in [5.41, 5.74) is 3.91. The number of nitrogens with zero attached hydrogens (tertiary/aromatic N) is 2. The molecule has 1 N–H and O–H groups in total. The fourth-order valence-corrected chi connectivity index (χ4v) is 2.04. The van der Waals surface area contributed by atoms with E-state index in [2.05, 4.69) is 48.8 Å². The number of nitrogens with one attached hydrogen (secondary N) is 1. The maximum Gasteiger partial charge on any atom is 0.211 e. The smallest absolute Gasteiger partial charge is 0.211 e. The van der Waals surface area contributed by atoms with E-state index in [-0.39, 0.29) is 6.04 Å². The molecule has 0 aliphatic carbocycles. The lowest BCUT2D eigenvalue weighted by Crippen LogP contribution is -2.18. The highest BCUT2D eigenvalue weighted by Crippen LogP contribution is 2.16. The number of aryl methyl sites for hydroxylation is 2. The van der Waals surface area contributed by atoms with E-state index in [4.69, 9.17) is 4.42 Å². The summed E-state index contributed by atoms with van der Waals surface area (Å²) in [5.74, 6) is 1.60. The molecule has 0 saturated carbocycles. The molecule has 2 aromatic rings. The zero-order chi connectivity index (χ0) is 13.3. The van der Waals surface area contributed by atoms with Crippen molar-refractivity contribution in [3.8, 4) is 0 Å². The summed E-state index contributed by atoms with van der Waals surface area (Å²) >= 11 is 0. The molecular weight excluding hydrogens is 226 g/mol. The first kappa shape index (κ1) is 12.9. The maximum absolute atomic E-state index is 5.51. The van der Waals surface area contributed by atoms with Crippen LogP contribution in [0.5, 0.6) is 0 Å². The van der Waals surface area contributed by atoms with Gasteiger partial charge >= 0.3 is 0 Å². The number of hydrogen-bond acceptors (Lipinski definition) is 3. The third-order valence-electron chi connectivity index (χ3n) is 3.49. The van der Waals surface area contributed by atoms with Gasteiger partial charge in [-0.1, -0.05) is 0 Å². The van der Waals surface area contributed by atoms with Gasteiger partial charge in [0.25, 0.3) is 0 Å². The van der Waals surface area contributed by atoms with Crippen molar-refractivity contribution in [3.05, 3.63) is 40.9 Å². The molecule has 2 aromatic heterocycles. The van der Waals surface area contributed by atoms with Gasteiger partial charge in [0, 0.05) is 25.0 Å². The zero-order valence-corrected chi connectivity index (χ0v) is 11.7. The van der Waals surface area contributed by atoms with Crippen molar-refractivity contribution in [2.45, 2.75) is 40.3 Å². The summed E-state index contributed by atoms with van der Waals surface area (Å²) in [5, 5.41) is 3.44. The molecule has 2 heterocycles. The molecule has 0 spiro atoms. The molecular formula is C14H21N3O. The summed E-state index contributed by atoms with van der Waals surface area (Å²) in [6, 6.07) is 2.34. The fourth-order valence-electron chi connectivity index (χ4n) is 2.04. The molecule has 0 bridgehead atoms. The second-order valence-electron chi connectivity index (χ2n) is 4.87. The largest absolute Gasteiger partial charge is 0.444 e. The predicted molar refractivity (Wildman–Crippen MR) is 71.4 cm³/mol. The third-order valence-corrected chi connectivity index (χ3v) is 3.49. The molecule has 2 rings (SSSR count). The minimum Gasteiger partial charge on any atom is -0.444 e. The molecule has 0 saturated heterocycles. The van der Waals surface area contributed by atoms with Crippen molar-refractivity contribution < 1.29 is 4.42 Å². The van der Waals surface area contributed by atoms with Gasteiger partial charge in [-0.15, -0.1) is 0 Å². The van der Waals surface area contributed by atoms with Crippen molar-refractivity contribution in [1.29, 1.82) is 0 Å². The number of oxazole rings is 1. The van der Waals surface area contributed by atoms with Crippen LogP contribution in [-0.2, 0) is 13.6 Å². The van der Waals surface area contributed by atoms with Crippen molar-refractivity contribution in [1.82, 2.24) is 14.9 Å². The van der Waals surface area contributed by atoms with Gasteiger partial charge in [-0.25, -0.2) is 4.98 Å². The minimum atomic E-state index is 0.124. The van der Waals surface area contributed by atoms with E-state index in [0.29, 0.717) is 0 Å². The van der Waals surface area contributed by atoms with Crippen LogP contribution in [0.3, 0.4) is 0 Å². The lowest BCUT2D eigenvalue weighted by Gasteiger charge is -2.10. The van der Waals surface area contributed by atoms with Crippen LogP contribution in [0, 0.1) is 20.8 Å². The molecule has 98 valence electrons. The summed E-state index contributed by atoms with van der Waals surface area (Å²) in [6.07, 6.45) is 1.76. The first-order chi connectivity index (χ1) is 8.49. The lowest BCUT2D eigenvalue weighted by atomic mass is 10.2. The lowest BCUT2D eigenvalue weighted by molar-refractivity contribution is 0.402. The highest BCUT2D eigenvalue weighted by atomic mass is 16.4. The van der Waals surface area contributed by atoms with E-state index in [0.717, 1.165) is 18.2 Å². The van der Waals surface area contributed by atoms with Gasteiger partial charge in [0.15, 0.2) is 0 Å². The average molecular weight is 247 g/mol. The molecule has 0 aliphatic heterocycles. The zero-order valence-electron chi connectivity index (χ0n) is 11.7. The number of hydrogen-bond donors (Lipinski definition) is 1. The molecule has 1 unspecified atom stereocenters. The number of aromatic nitrogens is 2. The van der Waals surface area contributed by atoms with Crippen LogP contribution in [-0.4, -0.2) is 9.55 Å². The van der Waals surface area contributed by atoms with Crippen LogP contribution in [0.4, 0.5) is 0 Å². The summed E-state index contributed by atoms with van der Waals surface area (Å²) in [6.45, 7) is 9.07. The van der Waals surface area contributed by atoms with E-state index in [1.54, 1.807) is 6.20 Å². The Labute approximate surface area is 108 Å². The van der Waals surface area contributed by atoms with Crippen LogP contribution in [0.2, 0.25) is 0 Å². The van der Waals surface area contributed by atoms with Gasteiger partial charge in [-0.2, -0.15) is 0 Å². The van der Waals surface area contributed by atoms with Crippen molar-refractivity contribution >= 4 is 0 Å². The van der Waals surface area contributed by atoms with Gasteiger partial charge < -0.3 is 14.3 Å². The fraction of sp³-hybridized carbons (Fsp3) is 0.500. The van der Waals surface area contributed by atoms with Gasteiger partial charge in [-0.05, 0) is 39.3 Å². The van der Waals surface area contributed by atoms with E-state index >= 15 is 0 Å². The molecule has 0 radical (unpaired) electrons. The first-order valence-corrected chi connectivity index (χ1v) is 6.26. The Kier molecular flexibility index (Phi) is 3.57. The normalized spacial score (nSPS) is 12.9. The van der Waals surface area contributed by atoms with Gasteiger partial charge in [-0.3, -0.25) is 0 Å². The van der Waals surface area contributed by atoms with Crippen LogP contribution in [0.25, 0.3) is 0 Å². The van der Waals surface area contributed by atoms with Crippen molar-refractivity contribution in [2.75, 3.05) is 0 Å². The highest BCUT2D eigenvalue weighted by Gasteiger charge is 2.12. The van der Waals surface area contributed by atoms with E-state index < -0.39 is 0 Å². The second kappa shape index (κ2) is 4.98. The second-order valence-corrected chi connectivity index (χ2v) is 4.87. The highest BCUT2D eigenvalue weighted by molar-refractivity contribution is 5.26. The molecule has 18 heavy (non-hydrogen) atoms. The van der Waals surface area contributed by atoms with Crippen LogP contribution < -0.4 is 5.32 Å². The topological polar surface area (TPSA) is 43.0 Å².